The fraction of sp³-hybridized carbons (Fsp3) is 0.269. The fourth-order valence-corrected chi connectivity index (χ4v) is 4.57. The van der Waals surface area contributed by atoms with E-state index in [0.717, 1.165) is 34.2 Å². The SMILES string of the molecule is Cc1cccc(Cn2nc(C)c(NC(=S)Nc3c(C)nn(Cc4c(F)cccc4Cl)c3C)c2C)c1. The normalized spacial score (nSPS) is 11.1. The summed E-state index contributed by atoms with van der Waals surface area (Å²) in [6.45, 7) is 10.8. The molecule has 2 aromatic heterocycles. The molecule has 0 saturated carbocycles. The van der Waals surface area contributed by atoms with Crippen molar-refractivity contribution in [2.24, 2.45) is 0 Å². The van der Waals surface area contributed by atoms with Crippen LogP contribution in [0.25, 0.3) is 0 Å². The Kier molecular flexibility index (Phi) is 7.23. The summed E-state index contributed by atoms with van der Waals surface area (Å²) in [5, 5.41) is 16.6. The molecule has 2 aromatic carbocycles. The molecule has 0 aliphatic carbocycles. The third-order valence-electron chi connectivity index (χ3n) is 6.02. The van der Waals surface area contributed by atoms with Crippen LogP contribution in [0.4, 0.5) is 15.8 Å². The van der Waals surface area contributed by atoms with Gasteiger partial charge >= 0.3 is 0 Å². The summed E-state index contributed by atoms with van der Waals surface area (Å²) < 4.78 is 18.0. The number of halogens is 2. The molecule has 0 aliphatic rings. The number of aryl methyl sites for hydroxylation is 3. The van der Waals surface area contributed by atoms with Crippen molar-refractivity contribution in [3.05, 3.63) is 92.8 Å². The molecule has 0 bridgehead atoms. The van der Waals surface area contributed by atoms with Crippen molar-refractivity contribution in [2.75, 3.05) is 10.6 Å². The zero-order chi connectivity index (χ0) is 25.3. The molecule has 6 nitrogen and oxygen atoms in total. The topological polar surface area (TPSA) is 59.7 Å². The summed E-state index contributed by atoms with van der Waals surface area (Å²) in [6, 6.07) is 13.1. The van der Waals surface area contributed by atoms with Gasteiger partial charge in [0.15, 0.2) is 5.11 Å². The Morgan fingerprint density at radius 1 is 0.886 bits per heavy atom. The van der Waals surface area contributed by atoms with Crippen molar-refractivity contribution in [2.45, 2.75) is 47.7 Å². The van der Waals surface area contributed by atoms with Crippen LogP contribution >= 0.6 is 23.8 Å². The number of anilines is 2. The van der Waals surface area contributed by atoms with Gasteiger partial charge in [0.2, 0.25) is 0 Å². The van der Waals surface area contributed by atoms with Crippen molar-refractivity contribution in [1.29, 1.82) is 0 Å². The molecule has 9 heteroatoms. The average Bonchev–Trinajstić information content (AvgIpc) is 3.20. The van der Waals surface area contributed by atoms with Crippen molar-refractivity contribution in [3.63, 3.8) is 0 Å². The van der Waals surface area contributed by atoms with Crippen LogP contribution in [0.15, 0.2) is 42.5 Å². The first-order valence-corrected chi connectivity index (χ1v) is 12.1. The molecule has 2 N–H and O–H groups in total. The smallest absolute Gasteiger partial charge is 0.175 e. The van der Waals surface area contributed by atoms with Crippen molar-refractivity contribution < 1.29 is 4.39 Å². The second kappa shape index (κ2) is 10.2. The van der Waals surface area contributed by atoms with E-state index in [1.165, 1.54) is 17.2 Å². The summed E-state index contributed by atoms with van der Waals surface area (Å²) in [5.41, 5.74) is 7.89. The molecule has 0 radical (unpaired) electrons. The Morgan fingerprint density at radius 3 is 2.03 bits per heavy atom. The second-order valence-corrected chi connectivity index (χ2v) is 9.49. The predicted octanol–water partition coefficient (Wildman–Crippen LogP) is 6.32. The highest BCUT2D eigenvalue weighted by atomic mass is 35.5. The van der Waals surface area contributed by atoms with Gasteiger partial charge in [0.05, 0.1) is 47.2 Å². The zero-order valence-electron chi connectivity index (χ0n) is 20.4. The highest BCUT2D eigenvalue weighted by Gasteiger charge is 2.18. The molecule has 0 amide bonds. The first-order valence-electron chi connectivity index (χ1n) is 11.3. The lowest BCUT2D eigenvalue weighted by Gasteiger charge is -2.12. The molecule has 182 valence electrons. The first kappa shape index (κ1) is 24.9. The molecule has 0 spiro atoms. The van der Waals surface area contributed by atoms with E-state index < -0.39 is 0 Å². The number of thiocarbonyl (C=S) groups is 1. The number of hydrogen-bond acceptors (Lipinski definition) is 3. The Morgan fingerprint density at radius 2 is 1.46 bits per heavy atom. The maximum absolute atomic E-state index is 14.3. The summed E-state index contributed by atoms with van der Waals surface area (Å²) in [7, 11) is 0. The molecule has 2 heterocycles. The lowest BCUT2D eigenvalue weighted by molar-refractivity contribution is 0.579. The Labute approximate surface area is 215 Å². The van der Waals surface area contributed by atoms with Gasteiger partial charge in [-0.15, -0.1) is 0 Å². The summed E-state index contributed by atoms with van der Waals surface area (Å²) >= 11 is 11.8. The molecule has 35 heavy (non-hydrogen) atoms. The van der Waals surface area contributed by atoms with Crippen LogP contribution in [0.5, 0.6) is 0 Å². The van der Waals surface area contributed by atoms with E-state index in [1.54, 1.807) is 16.8 Å². The third kappa shape index (κ3) is 5.39. The van der Waals surface area contributed by atoms with Crippen LogP contribution in [0, 0.1) is 40.4 Å². The highest BCUT2D eigenvalue weighted by Crippen LogP contribution is 2.26. The van der Waals surface area contributed by atoms with Crippen LogP contribution in [0.1, 0.15) is 39.5 Å². The van der Waals surface area contributed by atoms with Gasteiger partial charge in [0.1, 0.15) is 5.82 Å². The van der Waals surface area contributed by atoms with Crippen LogP contribution in [0.2, 0.25) is 5.02 Å². The summed E-state index contributed by atoms with van der Waals surface area (Å²) in [5.74, 6) is -0.356. The van der Waals surface area contributed by atoms with Gasteiger partial charge in [-0.1, -0.05) is 47.5 Å². The minimum Gasteiger partial charge on any atom is -0.329 e. The van der Waals surface area contributed by atoms with E-state index >= 15 is 0 Å². The van der Waals surface area contributed by atoms with Gasteiger partial charge in [0.25, 0.3) is 0 Å². The maximum atomic E-state index is 14.3. The second-order valence-electron chi connectivity index (χ2n) is 8.68. The van der Waals surface area contributed by atoms with Gasteiger partial charge in [-0.05, 0) is 64.5 Å². The monoisotopic (exact) mass is 510 g/mol. The van der Waals surface area contributed by atoms with Gasteiger partial charge in [-0.3, -0.25) is 9.36 Å². The standard InChI is InChI=1S/C26H28ClFN6S/c1-15-8-6-9-20(12-15)13-33-18(4)24(16(2)31-33)29-26(35)30-25-17(3)32-34(19(25)5)14-21-22(27)10-7-11-23(21)28/h6-12H,13-14H2,1-5H3,(H2,29,30,35). The number of hydrogen-bond donors (Lipinski definition) is 2. The Bertz CT molecular complexity index is 1390. The van der Waals surface area contributed by atoms with E-state index in [4.69, 9.17) is 28.9 Å². The quantitative estimate of drug-likeness (QED) is 0.297. The van der Waals surface area contributed by atoms with Crippen molar-refractivity contribution in [1.82, 2.24) is 19.6 Å². The van der Waals surface area contributed by atoms with E-state index in [9.17, 15) is 4.39 Å². The molecule has 0 atom stereocenters. The Hall–Kier alpha value is -3.23. The van der Waals surface area contributed by atoms with Crippen molar-refractivity contribution >= 4 is 40.3 Å². The summed E-state index contributed by atoms with van der Waals surface area (Å²) in [6.07, 6.45) is 0. The lowest BCUT2D eigenvalue weighted by atomic mass is 10.1. The molecule has 0 aliphatic heterocycles. The fourth-order valence-electron chi connectivity index (χ4n) is 4.14. The van der Waals surface area contributed by atoms with E-state index in [2.05, 4.69) is 46.9 Å². The van der Waals surface area contributed by atoms with E-state index in [1.807, 2.05) is 32.4 Å². The minimum absolute atomic E-state index is 0.226. The van der Waals surface area contributed by atoms with Gasteiger partial charge in [-0.25, -0.2) is 4.39 Å². The van der Waals surface area contributed by atoms with E-state index in [-0.39, 0.29) is 12.4 Å². The molecule has 4 rings (SSSR count). The number of benzene rings is 2. The van der Waals surface area contributed by atoms with Crippen LogP contribution < -0.4 is 10.6 Å². The van der Waals surface area contributed by atoms with Crippen LogP contribution in [-0.4, -0.2) is 24.7 Å². The van der Waals surface area contributed by atoms with Crippen LogP contribution in [0.3, 0.4) is 0 Å². The molecule has 4 aromatic rings. The van der Waals surface area contributed by atoms with E-state index in [0.29, 0.717) is 22.2 Å². The average molecular weight is 511 g/mol. The number of rotatable bonds is 6. The van der Waals surface area contributed by atoms with Gasteiger partial charge in [0, 0.05) is 10.6 Å². The number of nitrogens with zero attached hydrogens (tertiary/aromatic N) is 4. The van der Waals surface area contributed by atoms with Gasteiger partial charge < -0.3 is 10.6 Å². The van der Waals surface area contributed by atoms with Crippen LogP contribution in [-0.2, 0) is 13.1 Å². The Balaban J connectivity index is 1.50. The minimum atomic E-state index is -0.356. The largest absolute Gasteiger partial charge is 0.329 e. The number of aromatic nitrogens is 4. The van der Waals surface area contributed by atoms with Crippen molar-refractivity contribution in [3.8, 4) is 0 Å². The maximum Gasteiger partial charge on any atom is 0.175 e. The zero-order valence-corrected chi connectivity index (χ0v) is 22.0. The highest BCUT2D eigenvalue weighted by molar-refractivity contribution is 7.80. The first-order chi connectivity index (χ1) is 16.6. The molecule has 0 fully saturated rings. The summed E-state index contributed by atoms with van der Waals surface area (Å²) in [4.78, 5) is 0. The number of nitrogens with one attached hydrogen (secondary N) is 2. The molecule has 0 unspecified atom stereocenters. The molecule has 0 saturated heterocycles. The third-order valence-corrected chi connectivity index (χ3v) is 6.58. The molecular weight excluding hydrogens is 483 g/mol. The lowest BCUT2D eigenvalue weighted by Crippen LogP contribution is -2.21. The molecular formula is C26H28ClFN6S. The predicted molar refractivity (Wildman–Crippen MR) is 144 cm³/mol. The van der Waals surface area contributed by atoms with Gasteiger partial charge in [-0.2, -0.15) is 10.2 Å².